The third-order valence-corrected chi connectivity index (χ3v) is 3.26. The Morgan fingerprint density at radius 3 is 2.43 bits per heavy atom. The zero-order valence-corrected chi connectivity index (χ0v) is 12.2. The Morgan fingerprint density at radius 2 is 1.76 bits per heavy atom. The number of anilines is 1. The van der Waals surface area contributed by atoms with Crippen LogP contribution in [0.3, 0.4) is 0 Å². The Balaban J connectivity index is 1.94. The van der Waals surface area contributed by atoms with Crippen LogP contribution < -0.4 is 10.5 Å². The number of nitrogens with zero attached hydrogens (tertiary/aromatic N) is 1. The van der Waals surface area contributed by atoms with E-state index in [0.717, 1.165) is 5.56 Å². The van der Waals surface area contributed by atoms with Gasteiger partial charge in [0.1, 0.15) is 5.75 Å². The van der Waals surface area contributed by atoms with Crippen LogP contribution in [-0.4, -0.2) is 24.0 Å². The maximum Gasteiger partial charge on any atom is 0.260 e. The van der Waals surface area contributed by atoms with E-state index in [9.17, 15) is 4.79 Å². The maximum absolute atomic E-state index is 12.2. The number of hydrogen-bond donors (Lipinski definition) is 1. The molecule has 110 valence electrons. The third kappa shape index (κ3) is 4.24. The molecule has 0 aliphatic rings. The van der Waals surface area contributed by atoms with Gasteiger partial charge in [0.15, 0.2) is 6.61 Å². The Labute approximate surface area is 125 Å². The summed E-state index contributed by atoms with van der Waals surface area (Å²) in [4.78, 5) is 14.0. The van der Waals surface area contributed by atoms with E-state index in [4.69, 9.17) is 10.5 Å². The molecule has 2 N–H and O–H groups in total. The second-order valence-corrected chi connectivity index (χ2v) is 4.71. The molecule has 0 saturated carbocycles. The van der Waals surface area contributed by atoms with Gasteiger partial charge in [-0.15, -0.1) is 0 Å². The monoisotopic (exact) mass is 284 g/mol. The molecule has 2 aromatic rings. The molecular weight excluding hydrogens is 264 g/mol. The standard InChI is InChI=1S/C17H20N2O2/c1-2-19(12-14-8-6-7-11-16(14)18)17(20)13-21-15-9-4-3-5-10-15/h3-11H,2,12-13,18H2,1H3. The first-order chi connectivity index (χ1) is 10.2. The molecule has 4 heteroatoms. The summed E-state index contributed by atoms with van der Waals surface area (Å²) in [6.07, 6.45) is 0. The van der Waals surface area contributed by atoms with Crippen molar-refractivity contribution in [1.82, 2.24) is 4.90 Å². The summed E-state index contributed by atoms with van der Waals surface area (Å²) in [5.41, 5.74) is 7.57. The minimum absolute atomic E-state index is 0.0323. The lowest BCUT2D eigenvalue weighted by molar-refractivity contribution is -0.133. The highest BCUT2D eigenvalue weighted by Crippen LogP contribution is 2.14. The average molecular weight is 284 g/mol. The van der Waals surface area contributed by atoms with Crippen LogP contribution in [0.4, 0.5) is 5.69 Å². The first-order valence-electron chi connectivity index (χ1n) is 6.99. The molecule has 0 spiro atoms. The molecule has 4 nitrogen and oxygen atoms in total. The van der Waals surface area contributed by atoms with Gasteiger partial charge >= 0.3 is 0 Å². The van der Waals surface area contributed by atoms with Crippen LogP contribution in [0, 0.1) is 0 Å². The number of ether oxygens (including phenoxy) is 1. The smallest absolute Gasteiger partial charge is 0.260 e. The van der Waals surface area contributed by atoms with E-state index in [1.165, 1.54) is 0 Å². The SMILES string of the molecule is CCN(Cc1ccccc1N)C(=O)COc1ccccc1. The molecule has 0 fully saturated rings. The van der Waals surface area contributed by atoms with Crippen LogP contribution in [0.15, 0.2) is 54.6 Å². The summed E-state index contributed by atoms with van der Waals surface area (Å²) in [6.45, 7) is 3.09. The van der Waals surface area contributed by atoms with Crippen molar-refractivity contribution >= 4 is 11.6 Å². The van der Waals surface area contributed by atoms with Crippen LogP contribution in [0.2, 0.25) is 0 Å². The van der Waals surface area contributed by atoms with Crippen LogP contribution in [0.5, 0.6) is 5.75 Å². The van der Waals surface area contributed by atoms with Gasteiger partial charge in [-0.2, -0.15) is 0 Å². The lowest BCUT2D eigenvalue weighted by Gasteiger charge is -2.22. The van der Waals surface area contributed by atoms with Crippen molar-refractivity contribution in [2.24, 2.45) is 0 Å². The lowest BCUT2D eigenvalue weighted by Crippen LogP contribution is -2.34. The predicted molar refractivity (Wildman–Crippen MR) is 83.9 cm³/mol. The van der Waals surface area contributed by atoms with Gasteiger partial charge in [-0.3, -0.25) is 4.79 Å². The molecule has 0 bridgehead atoms. The topological polar surface area (TPSA) is 55.6 Å². The highest BCUT2D eigenvalue weighted by molar-refractivity contribution is 5.78. The minimum Gasteiger partial charge on any atom is -0.484 e. The number of para-hydroxylation sites is 2. The summed E-state index contributed by atoms with van der Waals surface area (Å²) in [7, 11) is 0. The Kier molecular flexibility index (Phi) is 5.21. The van der Waals surface area contributed by atoms with Gasteiger partial charge in [0, 0.05) is 18.8 Å². The molecule has 0 radical (unpaired) electrons. The second-order valence-electron chi connectivity index (χ2n) is 4.71. The number of nitrogens with two attached hydrogens (primary N) is 1. The van der Waals surface area contributed by atoms with Crippen molar-refractivity contribution in [3.63, 3.8) is 0 Å². The normalized spacial score (nSPS) is 10.1. The fourth-order valence-electron chi connectivity index (χ4n) is 2.01. The molecule has 2 rings (SSSR count). The summed E-state index contributed by atoms with van der Waals surface area (Å²) in [5, 5.41) is 0. The number of carbonyl (C=O) groups is 1. The summed E-state index contributed by atoms with van der Waals surface area (Å²) in [6, 6.07) is 16.9. The first kappa shape index (κ1) is 14.9. The fourth-order valence-corrected chi connectivity index (χ4v) is 2.01. The van der Waals surface area contributed by atoms with Crippen molar-refractivity contribution < 1.29 is 9.53 Å². The van der Waals surface area contributed by atoms with Crippen molar-refractivity contribution in [2.75, 3.05) is 18.9 Å². The number of amides is 1. The Bertz CT molecular complexity index is 584. The van der Waals surface area contributed by atoms with Crippen LogP contribution in [0.1, 0.15) is 12.5 Å². The zero-order valence-electron chi connectivity index (χ0n) is 12.2. The Hall–Kier alpha value is -2.49. The van der Waals surface area contributed by atoms with Gasteiger partial charge < -0.3 is 15.4 Å². The number of carbonyl (C=O) groups excluding carboxylic acids is 1. The maximum atomic E-state index is 12.2. The van der Waals surface area contributed by atoms with E-state index in [1.54, 1.807) is 4.90 Å². The minimum atomic E-state index is -0.0513. The van der Waals surface area contributed by atoms with Crippen LogP contribution in [0.25, 0.3) is 0 Å². The van der Waals surface area contributed by atoms with Crippen molar-refractivity contribution in [3.8, 4) is 5.75 Å². The molecule has 0 unspecified atom stereocenters. The molecule has 0 atom stereocenters. The highest BCUT2D eigenvalue weighted by atomic mass is 16.5. The van der Waals surface area contributed by atoms with Crippen LogP contribution >= 0.6 is 0 Å². The average Bonchev–Trinajstić information content (AvgIpc) is 2.53. The number of hydrogen-bond acceptors (Lipinski definition) is 3. The van der Waals surface area contributed by atoms with Gasteiger partial charge in [-0.25, -0.2) is 0 Å². The molecule has 21 heavy (non-hydrogen) atoms. The molecule has 0 saturated heterocycles. The molecule has 0 aromatic heterocycles. The van der Waals surface area contributed by atoms with E-state index >= 15 is 0 Å². The van der Waals surface area contributed by atoms with Gasteiger partial charge in [-0.1, -0.05) is 36.4 Å². The van der Waals surface area contributed by atoms with Crippen molar-refractivity contribution in [2.45, 2.75) is 13.5 Å². The van der Waals surface area contributed by atoms with Gasteiger partial charge in [0.25, 0.3) is 5.91 Å². The van der Waals surface area contributed by atoms with Crippen molar-refractivity contribution in [1.29, 1.82) is 0 Å². The van der Waals surface area contributed by atoms with E-state index in [2.05, 4.69) is 0 Å². The summed E-state index contributed by atoms with van der Waals surface area (Å²) >= 11 is 0. The van der Waals surface area contributed by atoms with Crippen molar-refractivity contribution in [3.05, 3.63) is 60.2 Å². The van der Waals surface area contributed by atoms with Gasteiger partial charge in [0.2, 0.25) is 0 Å². The molecule has 1 amide bonds. The number of nitrogen functional groups attached to an aromatic ring is 1. The third-order valence-electron chi connectivity index (χ3n) is 3.26. The predicted octanol–water partition coefficient (Wildman–Crippen LogP) is 2.70. The summed E-state index contributed by atoms with van der Waals surface area (Å²) < 4.78 is 5.50. The van der Waals surface area contributed by atoms with Crippen LogP contribution in [-0.2, 0) is 11.3 Å². The first-order valence-corrected chi connectivity index (χ1v) is 6.99. The molecule has 0 aliphatic heterocycles. The van der Waals surface area contributed by atoms with Gasteiger partial charge in [0.05, 0.1) is 0 Å². The lowest BCUT2D eigenvalue weighted by atomic mass is 10.1. The largest absolute Gasteiger partial charge is 0.484 e. The Morgan fingerprint density at radius 1 is 1.10 bits per heavy atom. The number of likely N-dealkylation sites (N-methyl/N-ethyl adjacent to an activating group) is 1. The van der Waals surface area contributed by atoms with E-state index < -0.39 is 0 Å². The number of rotatable bonds is 6. The fraction of sp³-hybridized carbons (Fsp3) is 0.235. The highest BCUT2D eigenvalue weighted by Gasteiger charge is 2.14. The van der Waals surface area contributed by atoms with E-state index in [0.29, 0.717) is 24.5 Å². The van der Waals surface area contributed by atoms with E-state index in [-0.39, 0.29) is 12.5 Å². The van der Waals surface area contributed by atoms with E-state index in [1.807, 2.05) is 61.5 Å². The molecule has 2 aromatic carbocycles. The molecule has 0 heterocycles. The zero-order chi connectivity index (χ0) is 15.1. The summed E-state index contributed by atoms with van der Waals surface area (Å²) in [5.74, 6) is 0.644. The second kappa shape index (κ2) is 7.33. The quantitative estimate of drug-likeness (QED) is 0.830. The number of benzene rings is 2. The molecule has 0 aliphatic carbocycles. The molecular formula is C17H20N2O2. The van der Waals surface area contributed by atoms with Gasteiger partial charge in [-0.05, 0) is 30.7 Å².